The molecule has 0 aromatic carbocycles. The fourth-order valence-electron chi connectivity index (χ4n) is 1.70. The highest BCUT2D eigenvalue weighted by atomic mass is 32.2. The first kappa shape index (κ1) is 9.59. The second-order valence-corrected chi connectivity index (χ2v) is 4.58. The Bertz CT molecular complexity index is 527. The summed E-state index contributed by atoms with van der Waals surface area (Å²) in [6.45, 7) is 0. The smallest absolute Gasteiger partial charge is 0.163 e. The Labute approximate surface area is 97.3 Å². The number of anilines is 1. The predicted octanol–water partition coefficient (Wildman–Crippen LogP) is 1.87. The highest BCUT2D eigenvalue weighted by Crippen LogP contribution is 2.32. The molecule has 0 bridgehead atoms. The van der Waals surface area contributed by atoms with Gasteiger partial charge in [0.1, 0.15) is 5.82 Å². The molecule has 0 unspecified atom stereocenters. The molecular weight excluding hydrogens is 220 g/mol. The van der Waals surface area contributed by atoms with E-state index in [0.717, 1.165) is 28.3 Å². The van der Waals surface area contributed by atoms with E-state index in [1.165, 1.54) is 0 Å². The lowest BCUT2D eigenvalue weighted by molar-refractivity contribution is 1.08. The molecule has 5 heteroatoms. The van der Waals surface area contributed by atoms with E-state index in [0.29, 0.717) is 11.6 Å². The molecule has 2 N–H and O–H groups in total. The summed E-state index contributed by atoms with van der Waals surface area (Å²) in [5.74, 6) is 3.13. The maximum atomic E-state index is 5.93. The monoisotopic (exact) mass is 230 g/mol. The van der Waals surface area contributed by atoms with Gasteiger partial charge in [-0.05, 0) is 12.1 Å². The molecule has 3 rings (SSSR count). The van der Waals surface area contributed by atoms with Crippen LogP contribution in [-0.2, 0) is 11.5 Å². The van der Waals surface area contributed by atoms with Crippen molar-refractivity contribution in [3.05, 3.63) is 35.8 Å². The second-order valence-electron chi connectivity index (χ2n) is 3.59. The Morgan fingerprint density at radius 3 is 3.00 bits per heavy atom. The molecule has 1 aliphatic rings. The van der Waals surface area contributed by atoms with Crippen molar-refractivity contribution in [1.29, 1.82) is 0 Å². The fourth-order valence-corrected chi connectivity index (χ4v) is 2.75. The van der Waals surface area contributed by atoms with Crippen LogP contribution in [0.15, 0.2) is 24.5 Å². The number of rotatable bonds is 1. The number of nitrogens with two attached hydrogens (primary N) is 1. The third-order valence-electron chi connectivity index (χ3n) is 2.53. The van der Waals surface area contributed by atoms with Crippen molar-refractivity contribution in [3.8, 4) is 11.4 Å². The minimum atomic E-state index is 0.605. The number of nitrogens with zero attached hydrogens (tertiary/aromatic N) is 3. The molecule has 0 spiro atoms. The lowest BCUT2D eigenvalue weighted by atomic mass is 10.2. The lowest BCUT2D eigenvalue weighted by Crippen LogP contribution is -2.02. The lowest BCUT2D eigenvalue weighted by Gasteiger charge is -2.05. The molecule has 0 amide bonds. The summed E-state index contributed by atoms with van der Waals surface area (Å²) >= 11 is 1.82. The number of fused-ring (bicyclic) bond motifs is 1. The number of aromatic nitrogens is 3. The minimum Gasteiger partial charge on any atom is -0.383 e. The Kier molecular flexibility index (Phi) is 2.25. The van der Waals surface area contributed by atoms with Crippen molar-refractivity contribution < 1.29 is 0 Å². The van der Waals surface area contributed by atoms with E-state index in [9.17, 15) is 0 Å². The normalized spacial score (nSPS) is 13.8. The third-order valence-corrected chi connectivity index (χ3v) is 3.50. The van der Waals surface area contributed by atoms with Crippen LogP contribution < -0.4 is 5.73 Å². The average molecular weight is 230 g/mol. The van der Waals surface area contributed by atoms with E-state index in [1.807, 2.05) is 23.9 Å². The van der Waals surface area contributed by atoms with Crippen LogP contribution >= 0.6 is 11.8 Å². The number of pyridine rings is 1. The topological polar surface area (TPSA) is 64.7 Å². The largest absolute Gasteiger partial charge is 0.383 e. The quantitative estimate of drug-likeness (QED) is 0.810. The Hall–Kier alpha value is -1.62. The van der Waals surface area contributed by atoms with Crippen LogP contribution in [0.5, 0.6) is 0 Å². The molecule has 0 aliphatic carbocycles. The maximum absolute atomic E-state index is 5.93. The predicted molar refractivity (Wildman–Crippen MR) is 64.7 cm³/mol. The van der Waals surface area contributed by atoms with Gasteiger partial charge in [-0.25, -0.2) is 9.97 Å². The fraction of sp³-hybridized carbons (Fsp3) is 0.182. The zero-order chi connectivity index (χ0) is 11.0. The van der Waals surface area contributed by atoms with Gasteiger partial charge in [0.25, 0.3) is 0 Å². The van der Waals surface area contributed by atoms with Crippen molar-refractivity contribution in [2.45, 2.75) is 11.5 Å². The summed E-state index contributed by atoms with van der Waals surface area (Å²) in [6.07, 6.45) is 3.49. The van der Waals surface area contributed by atoms with Crippen LogP contribution in [0, 0.1) is 0 Å². The number of hydrogen-bond acceptors (Lipinski definition) is 5. The second kappa shape index (κ2) is 3.75. The van der Waals surface area contributed by atoms with E-state index in [-0.39, 0.29) is 0 Å². The highest BCUT2D eigenvalue weighted by Gasteiger charge is 2.18. The molecule has 4 nitrogen and oxygen atoms in total. The van der Waals surface area contributed by atoms with Crippen LogP contribution in [-0.4, -0.2) is 15.0 Å². The first-order chi connectivity index (χ1) is 7.84. The molecule has 80 valence electrons. The average Bonchev–Trinajstić information content (AvgIpc) is 2.79. The van der Waals surface area contributed by atoms with Gasteiger partial charge in [0.15, 0.2) is 5.82 Å². The van der Waals surface area contributed by atoms with Crippen LogP contribution in [0.4, 0.5) is 5.82 Å². The van der Waals surface area contributed by atoms with Crippen LogP contribution in [0.2, 0.25) is 0 Å². The van der Waals surface area contributed by atoms with E-state index in [1.54, 1.807) is 12.4 Å². The van der Waals surface area contributed by atoms with Gasteiger partial charge in [-0.3, -0.25) is 4.98 Å². The molecule has 0 radical (unpaired) electrons. The van der Waals surface area contributed by atoms with Gasteiger partial charge in [0, 0.05) is 35.0 Å². The molecule has 3 heterocycles. The molecule has 1 aliphatic heterocycles. The Morgan fingerprint density at radius 1 is 1.25 bits per heavy atom. The van der Waals surface area contributed by atoms with Gasteiger partial charge < -0.3 is 5.73 Å². The van der Waals surface area contributed by atoms with Gasteiger partial charge in [0.05, 0.1) is 5.69 Å². The van der Waals surface area contributed by atoms with Gasteiger partial charge in [-0.2, -0.15) is 11.8 Å². The highest BCUT2D eigenvalue weighted by molar-refractivity contribution is 7.98. The molecular formula is C11H10N4S. The Balaban J connectivity index is 2.13. The molecule has 0 saturated carbocycles. The summed E-state index contributed by atoms with van der Waals surface area (Å²) in [4.78, 5) is 12.9. The summed E-state index contributed by atoms with van der Waals surface area (Å²) in [5.41, 5.74) is 9.00. The van der Waals surface area contributed by atoms with Crippen molar-refractivity contribution >= 4 is 17.6 Å². The zero-order valence-electron chi connectivity index (χ0n) is 8.55. The van der Waals surface area contributed by atoms with E-state index in [2.05, 4.69) is 15.0 Å². The van der Waals surface area contributed by atoms with E-state index < -0.39 is 0 Å². The van der Waals surface area contributed by atoms with Gasteiger partial charge in [-0.15, -0.1) is 0 Å². The molecule has 16 heavy (non-hydrogen) atoms. The molecule has 0 atom stereocenters. The molecule has 2 aromatic rings. The van der Waals surface area contributed by atoms with Crippen molar-refractivity contribution in [2.75, 3.05) is 5.73 Å². The first-order valence-electron chi connectivity index (χ1n) is 4.98. The summed E-state index contributed by atoms with van der Waals surface area (Å²) in [5, 5.41) is 0. The van der Waals surface area contributed by atoms with E-state index in [4.69, 9.17) is 5.73 Å². The number of nitrogen functional groups attached to an aromatic ring is 1. The van der Waals surface area contributed by atoms with Crippen LogP contribution in [0.1, 0.15) is 11.3 Å². The van der Waals surface area contributed by atoms with Crippen molar-refractivity contribution in [3.63, 3.8) is 0 Å². The SMILES string of the molecule is Nc1nc(-c2cccnc2)nc2c1CSC2. The maximum Gasteiger partial charge on any atom is 0.163 e. The number of hydrogen-bond donors (Lipinski definition) is 1. The van der Waals surface area contributed by atoms with Gasteiger partial charge in [0.2, 0.25) is 0 Å². The number of thioether (sulfide) groups is 1. The molecule has 0 fully saturated rings. The van der Waals surface area contributed by atoms with Gasteiger partial charge in [-0.1, -0.05) is 0 Å². The summed E-state index contributed by atoms with van der Waals surface area (Å²) < 4.78 is 0. The first-order valence-corrected chi connectivity index (χ1v) is 6.13. The summed E-state index contributed by atoms with van der Waals surface area (Å²) in [7, 11) is 0. The van der Waals surface area contributed by atoms with Crippen molar-refractivity contribution in [2.24, 2.45) is 0 Å². The van der Waals surface area contributed by atoms with Crippen LogP contribution in [0.25, 0.3) is 11.4 Å². The standard InChI is InChI=1S/C11H10N4S/c12-10-8-5-16-6-9(8)14-11(15-10)7-2-1-3-13-4-7/h1-4H,5-6H2,(H2,12,14,15). The minimum absolute atomic E-state index is 0.605. The van der Waals surface area contributed by atoms with Crippen LogP contribution in [0.3, 0.4) is 0 Å². The molecule has 2 aromatic heterocycles. The molecule has 0 saturated heterocycles. The van der Waals surface area contributed by atoms with Gasteiger partial charge >= 0.3 is 0 Å². The third kappa shape index (κ3) is 1.53. The van der Waals surface area contributed by atoms with E-state index >= 15 is 0 Å². The summed E-state index contributed by atoms with van der Waals surface area (Å²) in [6, 6.07) is 3.81. The Morgan fingerprint density at radius 2 is 2.19 bits per heavy atom. The zero-order valence-corrected chi connectivity index (χ0v) is 9.37. The van der Waals surface area contributed by atoms with Crippen molar-refractivity contribution in [1.82, 2.24) is 15.0 Å².